The van der Waals surface area contributed by atoms with Crippen LogP contribution in [-0.4, -0.2) is 24.2 Å². The van der Waals surface area contributed by atoms with Crippen molar-refractivity contribution in [3.63, 3.8) is 0 Å². The van der Waals surface area contributed by atoms with Crippen LogP contribution in [0.1, 0.15) is 35.2 Å². The van der Waals surface area contributed by atoms with E-state index in [0.29, 0.717) is 31.2 Å². The lowest BCUT2D eigenvalue weighted by atomic mass is 9.90. The van der Waals surface area contributed by atoms with E-state index in [1.165, 1.54) is 29.8 Å². The molecule has 0 radical (unpaired) electrons. The number of phenolic OH excluding ortho intramolecular Hbond substituents is 1. The van der Waals surface area contributed by atoms with Crippen LogP contribution < -0.4 is 5.32 Å². The van der Waals surface area contributed by atoms with Gasteiger partial charge in [0.1, 0.15) is 11.6 Å². The summed E-state index contributed by atoms with van der Waals surface area (Å²) in [6.07, 6.45) is 5.10. The summed E-state index contributed by atoms with van der Waals surface area (Å²) in [5, 5.41) is 12.2. The zero-order valence-corrected chi connectivity index (χ0v) is 15.2. The highest BCUT2D eigenvalue weighted by atomic mass is 19.1. The lowest BCUT2D eigenvalue weighted by Crippen LogP contribution is -2.26. The largest absolute Gasteiger partial charge is 0.508 e. The molecule has 0 aliphatic heterocycles. The first kappa shape index (κ1) is 19.1. The molecule has 1 amide bonds. The number of aromatic hydroxyl groups is 1. The number of nitrogens with one attached hydrogen (secondary N) is 1. The Morgan fingerprint density at radius 3 is 2.56 bits per heavy atom. The zero-order valence-electron chi connectivity index (χ0n) is 15.2. The molecular weight excluding hydrogens is 345 g/mol. The van der Waals surface area contributed by atoms with Gasteiger partial charge in [0.25, 0.3) is 5.91 Å². The molecule has 4 nitrogen and oxygen atoms in total. The molecular formula is C22H24FNO3. The average Bonchev–Trinajstić information content (AvgIpc) is 2.69. The van der Waals surface area contributed by atoms with Crippen LogP contribution in [0.25, 0.3) is 0 Å². The van der Waals surface area contributed by atoms with Crippen LogP contribution in [0.3, 0.4) is 0 Å². The summed E-state index contributed by atoms with van der Waals surface area (Å²) in [7, 11) is 0. The molecule has 0 spiro atoms. The number of ether oxygens (including phenoxy) is 1. The van der Waals surface area contributed by atoms with E-state index in [4.69, 9.17) is 4.74 Å². The molecule has 0 saturated carbocycles. The molecule has 3 rings (SSSR count). The third-order valence-electron chi connectivity index (χ3n) is 4.75. The Labute approximate surface area is 158 Å². The van der Waals surface area contributed by atoms with Crippen molar-refractivity contribution in [3.05, 3.63) is 77.1 Å². The number of halogens is 1. The fraction of sp³-hybridized carbons (Fsp3) is 0.318. The van der Waals surface area contributed by atoms with Gasteiger partial charge < -0.3 is 15.2 Å². The summed E-state index contributed by atoms with van der Waals surface area (Å²) in [5.41, 5.74) is 2.74. The van der Waals surface area contributed by atoms with Gasteiger partial charge in [-0.3, -0.25) is 4.79 Å². The minimum Gasteiger partial charge on any atom is -0.508 e. The Balaban J connectivity index is 1.37. The van der Waals surface area contributed by atoms with Crippen molar-refractivity contribution < 1.29 is 19.0 Å². The predicted octanol–water partition coefficient (Wildman–Crippen LogP) is 4.20. The highest BCUT2D eigenvalue weighted by molar-refractivity contribution is 5.94. The molecule has 1 aliphatic rings. The number of amides is 1. The van der Waals surface area contributed by atoms with E-state index in [2.05, 4.69) is 11.4 Å². The number of carbonyl (C=O) groups is 1. The van der Waals surface area contributed by atoms with Crippen LogP contribution >= 0.6 is 0 Å². The van der Waals surface area contributed by atoms with Crippen LogP contribution in [0.5, 0.6) is 5.75 Å². The summed E-state index contributed by atoms with van der Waals surface area (Å²) in [5.74, 6) is 0.248. The highest BCUT2D eigenvalue weighted by Crippen LogP contribution is 2.24. The Bertz CT molecular complexity index is 784. The monoisotopic (exact) mass is 369 g/mol. The molecule has 2 aromatic carbocycles. The van der Waals surface area contributed by atoms with Gasteiger partial charge in [0.2, 0.25) is 0 Å². The molecule has 0 aromatic heterocycles. The van der Waals surface area contributed by atoms with E-state index in [-0.39, 0.29) is 17.5 Å². The van der Waals surface area contributed by atoms with Crippen molar-refractivity contribution in [1.29, 1.82) is 0 Å². The lowest BCUT2D eigenvalue weighted by Gasteiger charge is -2.22. The van der Waals surface area contributed by atoms with Crippen molar-refractivity contribution >= 4 is 5.91 Å². The average molecular weight is 369 g/mol. The van der Waals surface area contributed by atoms with Gasteiger partial charge >= 0.3 is 0 Å². The topological polar surface area (TPSA) is 58.6 Å². The first-order valence-electron chi connectivity index (χ1n) is 9.17. The van der Waals surface area contributed by atoms with Crippen LogP contribution in [0, 0.1) is 11.7 Å². The third kappa shape index (κ3) is 5.93. The van der Waals surface area contributed by atoms with Gasteiger partial charge in [0, 0.05) is 12.1 Å². The first-order valence-corrected chi connectivity index (χ1v) is 9.17. The van der Waals surface area contributed by atoms with E-state index in [1.807, 2.05) is 0 Å². The van der Waals surface area contributed by atoms with E-state index < -0.39 is 0 Å². The number of hydrogen-bond acceptors (Lipinski definition) is 3. The first-order chi connectivity index (χ1) is 13.1. The molecule has 1 atom stereocenters. The molecule has 27 heavy (non-hydrogen) atoms. The number of benzene rings is 2. The van der Waals surface area contributed by atoms with E-state index in [1.54, 1.807) is 24.3 Å². The maximum atomic E-state index is 12.9. The van der Waals surface area contributed by atoms with Crippen LogP contribution in [0.15, 0.2) is 60.2 Å². The Morgan fingerprint density at radius 2 is 1.89 bits per heavy atom. The molecule has 5 heteroatoms. The van der Waals surface area contributed by atoms with Crippen LogP contribution in [0.4, 0.5) is 4.39 Å². The summed E-state index contributed by atoms with van der Waals surface area (Å²) < 4.78 is 18.6. The van der Waals surface area contributed by atoms with Gasteiger partial charge in [-0.25, -0.2) is 4.39 Å². The molecule has 0 saturated heterocycles. The van der Waals surface area contributed by atoms with Crippen molar-refractivity contribution in [3.8, 4) is 5.75 Å². The van der Waals surface area contributed by atoms with E-state index in [9.17, 15) is 14.3 Å². The van der Waals surface area contributed by atoms with Gasteiger partial charge in [-0.2, -0.15) is 0 Å². The van der Waals surface area contributed by atoms with Gasteiger partial charge in [0.15, 0.2) is 0 Å². The third-order valence-corrected chi connectivity index (χ3v) is 4.75. The van der Waals surface area contributed by atoms with Crippen molar-refractivity contribution in [1.82, 2.24) is 5.32 Å². The van der Waals surface area contributed by atoms with Gasteiger partial charge in [-0.15, -0.1) is 0 Å². The standard InChI is InChI=1S/C22H24FNO3/c23-20-9-5-18(6-10-20)15-27-14-17-3-1-16(2-4-17)13-24-22(26)19-7-11-21(25)12-8-19/h1,5-12,17,25H,2-4,13-15H2,(H,24,26)/t17-/m1/s1. The van der Waals surface area contributed by atoms with Crippen molar-refractivity contribution in [2.24, 2.45) is 5.92 Å². The molecule has 0 heterocycles. The minimum atomic E-state index is -0.235. The molecule has 142 valence electrons. The quantitative estimate of drug-likeness (QED) is 0.719. The van der Waals surface area contributed by atoms with Gasteiger partial charge in [0.05, 0.1) is 13.2 Å². The molecule has 2 N–H and O–H groups in total. The molecule has 1 aliphatic carbocycles. The fourth-order valence-electron chi connectivity index (χ4n) is 3.09. The zero-order chi connectivity index (χ0) is 19.1. The minimum absolute atomic E-state index is 0.138. The van der Waals surface area contributed by atoms with E-state index >= 15 is 0 Å². The number of carbonyl (C=O) groups excluding carboxylic acids is 1. The van der Waals surface area contributed by atoms with Crippen LogP contribution in [-0.2, 0) is 11.3 Å². The molecule has 0 fully saturated rings. The SMILES string of the molecule is O=C(NCC1=CC[C@@H](COCc2ccc(F)cc2)CC1)c1ccc(O)cc1. The fourth-order valence-corrected chi connectivity index (χ4v) is 3.09. The highest BCUT2D eigenvalue weighted by Gasteiger charge is 2.15. The summed E-state index contributed by atoms with van der Waals surface area (Å²) in [6, 6.07) is 12.6. The van der Waals surface area contributed by atoms with Crippen molar-refractivity contribution in [2.75, 3.05) is 13.2 Å². The van der Waals surface area contributed by atoms with Gasteiger partial charge in [-0.05, 0) is 67.1 Å². The molecule has 0 bridgehead atoms. The lowest BCUT2D eigenvalue weighted by molar-refractivity contribution is 0.0831. The van der Waals surface area contributed by atoms with Crippen LogP contribution in [0.2, 0.25) is 0 Å². The molecule has 0 unspecified atom stereocenters. The summed E-state index contributed by atoms with van der Waals surface area (Å²) in [6.45, 7) is 1.72. The Morgan fingerprint density at radius 1 is 1.15 bits per heavy atom. The maximum Gasteiger partial charge on any atom is 0.251 e. The van der Waals surface area contributed by atoms with Crippen molar-refractivity contribution in [2.45, 2.75) is 25.9 Å². The summed E-state index contributed by atoms with van der Waals surface area (Å²) in [4.78, 5) is 12.1. The Kier molecular flexibility index (Phi) is 6.60. The number of rotatable bonds is 7. The van der Waals surface area contributed by atoms with E-state index in [0.717, 1.165) is 24.8 Å². The molecule has 2 aromatic rings. The predicted molar refractivity (Wildman–Crippen MR) is 102 cm³/mol. The number of phenols is 1. The number of allylic oxidation sites excluding steroid dienone is 1. The van der Waals surface area contributed by atoms with Gasteiger partial charge in [-0.1, -0.05) is 23.8 Å². The second-order valence-electron chi connectivity index (χ2n) is 6.87. The maximum absolute atomic E-state index is 12.9. The number of hydrogen-bond donors (Lipinski definition) is 2. The second kappa shape index (κ2) is 9.33. The Hall–Kier alpha value is -2.66. The normalized spacial score (nSPS) is 16.6. The smallest absolute Gasteiger partial charge is 0.251 e. The second-order valence-corrected chi connectivity index (χ2v) is 6.87. The summed E-state index contributed by atoms with van der Waals surface area (Å²) >= 11 is 0.